The Morgan fingerprint density at radius 2 is 2.00 bits per heavy atom. The Balaban J connectivity index is 1.69. The second-order valence-corrected chi connectivity index (χ2v) is 8.22. The van der Waals surface area contributed by atoms with E-state index in [0.29, 0.717) is 51.4 Å². The number of allylic oxidation sites excluding steroid dienone is 2. The number of hydrogen-bond donors (Lipinski definition) is 1. The van der Waals surface area contributed by atoms with Crippen molar-refractivity contribution in [1.82, 2.24) is 14.8 Å². The summed E-state index contributed by atoms with van der Waals surface area (Å²) in [6.07, 6.45) is 1.85. The van der Waals surface area contributed by atoms with Crippen LogP contribution in [0.5, 0.6) is 0 Å². The van der Waals surface area contributed by atoms with Crippen molar-refractivity contribution in [3.63, 3.8) is 0 Å². The number of nitro groups is 1. The predicted molar refractivity (Wildman–Crippen MR) is 116 cm³/mol. The van der Waals surface area contributed by atoms with Gasteiger partial charge in [0.2, 0.25) is 5.95 Å². The molecule has 156 valence electrons. The van der Waals surface area contributed by atoms with Gasteiger partial charge in [-0.1, -0.05) is 35.3 Å². The van der Waals surface area contributed by atoms with Crippen molar-refractivity contribution in [3.8, 4) is 11.4 Å². The Bertz CT molecular complexity index is 1280. The van der Waals surface area contributed by atoms with Crippen LogP contribution in [0, 0.1) is 10.1 Å². The zero-order valence-corrected chi connectivity index (χ0v) is 17.5. The van der Waals surface area contributed by atoms with Crippen LogP contribution in [-0.4, -0.2) is 25.5 Å². The molecule has 0 saturated heterocycles. The molecular formula is C21H15Cl2N5O3. The Kier molecular flexibility index (Phi) is 4.75. The number of non-ortho nitro benzene ring substituents is 1. The van der Waals surface area contributed by atoms with Crippen LogP contribution in [0.4, 0.5) is 11.6 Å². The lowest BCUT2D eigenvalue weighted by Gasteiger charge is -2.32. The van der Waals surface area contributed by atoms with Gasteiger partial charge in [0, 0.05) is 40.4 Å². The van der Waals surface area contributed by atoms with Gasteiger partial charge in [-0.15, -0.1) is 5.10 Å². The highest BCUT2D eigenvalue weighted by Crippen LogP contribution is 2.41. The first-order valence-corrected chi connectivity index (χ1v) is 10.4. The monoisotopic (exact) mass is 455 g/mol. The molecule has 1 N–H and O–H groups in total. The van der Waals surface area contributed by atoms with Crippen molar-refractivity contribution >= 4 is 40.6 Å². The number of halogens is 2. The third kappa shape index (κ3) is 3.37. The summed E-state index contributed by atoms with van der Waals surface area (Å²) in [6.45, 7) is 0. The molecule has 1 atom stereocenters. The number of Topliss-reactive ketones (excluding diaryl/α,β-unsaturated/α-hetero) is 1. The number of aromatic nitrogens is 3. The van der Waals surface area contributed by atoms with E-state index in [4.69, 9.17) is 23.2 Å². The summed E-state index contributed by atoms with van der Waals surface area (Å²) in [6, 6.07) is 10.7. The molecule has 1 aliphatic heterocycles. The van der Waals surface area contributed by atoms with Crippen LogP contribution in [0.3, 0.4) is 0 Å². The van der Waals surface area contributed by atoms with E-state index in [0.717, 1.165) is 12.1 Å². The molecule has 0 spiro atoms. The minimum Gasteiger partial charge on any atom is -0.328 e. The average molecular weight is 456 g/mol. The number of rotatable bonds is 3. The smallest absolute Gasteiger partial charge is 0.269 e. The number of anilines is 1. The first kappa shape index (κ1) is 19.7. The Morgan fingerprint density at radius 1 is 1.16 bits per heavy atom. The minimum atomic E-state index is -0.619. The average Bonchev–Trinajstić information content (AvgIpc) is 3.15. The molecule has 8 nitrogen and oxygen atoms in total. The van der Waals surface area contributed by atoms with Gasteiger partial charge < -0.3 is 5.32 Å². The van der Waals surface area contributed by atoms with Gasteiger partial charge in [0.25, 0.3) is 5.69 Å². The van der Waals surface area contributed by atoms with Crippen molar-refractivity contribution in [2.45, 2.75) is 25.3 Å². The van der Waals surface area contributed by atoms with E-state index in [9.17, 15) is 14.9 Å². The molecule has 2 aliphatic rings. The van der Waals surface area contributed by atoms with E-state index < -0.39 is 11.0 Å². The van der Waals surface area contributed by atoms with Crippen molar-refractivity contribution < 1.29 is 9.72 Å². The van der Waals surface area contributed by atoms with Gasteiger partial charge in [-0.3, -0.25) is 14.9 Å². The van der Waals surface area contributed by atoms with Crippen molar-refractivity contribution in [2.24, 2.45) is 0 Å². The lowest BCUT2D eigenvalue weighted by molar-refractivity contribution is -0.384. The van der Waals surface area contributed by atoms with Crippen molar-refractivity contribution in [2.75, 3.05) is 5.32 Å². The number of hydrogen-bond acceptors (Lipinski definition) is 6. The molecule has 0 saturated carbocycles. The van der Waals surface area contributed by atoms with Crippen LogP contribution < -0.4 is 5.32 Å². The molecule has 5 rings (SSSR count). The van der Waals surface area contributed by atoms with E-state index in [2.05, 4.69) is 15.4 Å². The molecule has 31 heavy (non-hydrogen) atoms. The molecule has 10 heteroatoms. The third-order valence-electron chi connectivity index (χ3n) is 5.44. The van der Waals surface area contributed by atoms with Crippen LogP contribution in [0.25, 0.3) is 11.4 Å². The van der Waals surface area contributed by atoms with Gasteiger partial charge in [0.15, 0.2) is 11.6 Å². The fraction of sp³-hybridized carbons (Fsp3) is 0.190. The molecular weight excluding hydrogens is 441 g/mol. The molecule has 1 unspecified atom stereocenters. The van der Waals surface area contributed by atoms with Gasteiger partial charge in [0.1, 0.15) is 6.04 Å². The second-order valence-electron chi connectivity index (χ2n) is 7.38. The van der Waals surface area contributed by atoms with E-state index in [-0.39, 0.29) is 11.5 Å². The van der Waals surface area contributed by atoms with Crippen LogP contribution in [-0.2, 0) is 4.79 Å². The molecule has 0 fully saturated rings. The molecule has 1 aromatic heterocycles. The first-order chi connectivity index (χ1) is 14.9. The quantitative estimate of drug-likeness (QED) is 0.430. The number of carbonyl (C=O) groups excluding carboxylic acids is 1. The molecule has 1 aliphatic carbocycles. The summed E-state index contributed by atoms with van der Waals surface area (Å²) in [5.41, 5.74) is 2.48. The number of benzene rings is 2. The summed E-state index contributed by atoms with van der Waals surface area (Å²) >= 11 is 12.4. The molecule has 0 bridgehead atoms. The number of nitro benzene ring substituents is 1. The molecule has 0 radical (unpaired) electrons. The topological polar surface area (TPSA) is 103 Å². The summed E-state index contributed by atoms with van der Waals surface area (Å²) in [5, 5.41) is 20.1. The van der Waals surface area contributed by atoms with Crippen LogP contribution in [0.1, 0.15) is 30.9 Å². The highest BCUT2D eigenvalue weighted by atomic mass is 35.5. The summed E-state index contributed by atoms with van der Waals surface area (Å²) in [5.74, 6) is 0.815. The number of nitrogens with one attached hydrogen (secondary N) is 1. The van der Waals surface area contributed by atoms with Gasteiger partial charge in [-0.05, 0) is 36.6 Å². The summed E-state index contributed by atoms with van der Waals surface area (Å²) in [7, 11) is 0. The maximum Gasteiger partial charge on any atom is 0.269 e. The van der Waals surface area contributed by atoms with Crippen LogP contribution in [0.2, 0.25) is 10.0 Å². The second kappa shape index (κ2) is 7.47. The number of carbonyl (C=O) groups is 1. The van der Waals surface area contributed by atoms with E-state index in [1.54, 1.807) is 35.0 Å². The van der Waals surface area contributed by atoms with E-state index >= 15 is 0 Å². The normalized spacial score (nSPS) is 17.7. The third-order valence-corrected chi connectivity index (χ3v) is 5.98. The van der Waals surface area contributed by atoms with E-state index in [1.165, 1.54) is 12.1 Å². The molecule has 3 aromatic rings. The standard InChI is InChI=1S/C21H15Cl2N5O3/c22-12-7-8-14(15(23)10-12)20-25-21-24-16-5-2-6-17(29)18(16)19(27(21)26-20)11-3-1-4-13(9-11)28(30)31/h1,3-4,7-10,19H,2,5-6H2,(H,24,25,26). The highest BCUT2D eigenvalue weighted by molar-refractivity contribution is 6.36. The first-order valence-electron chi connectivity index (χ1n) is 9.62. The van der Waals surface area contributed by atoms with Crippen LogP contribution >= 0.6 is 23.2 Å². The van der Waals surface area contributed by atoms with Gasteiger partial charge in [0.05, 0.1) is 9.95 Å². The SMILES string of the molecule is O=C1CCCC2=C1C(c1cccc([N+](=O)[O-])c1)n1nc(-c3ccc(Cl)cc3Cl)nc1N2. The Labute approximate surface area is 186 Å². The van der Waals surface area contributed by atoms with Gasteiger partial charge in [-0.2, -0.15) is 4.98 Å². The zero-order valence-electron chi connectivity index (χ0n) is 16.0. The largest absolute Gasteiger partial charge is 0.328 e. The van der Waals surface area contributed by atoms with Crippen molar-refractivity contribution in [1.29, 1.82) is 0 Å². The maximum absolute atomic E-state index is 12.9. The summed E-state index contributed by atoms with van der Waals surface area (Å²) in [4.78, 5) is 28.4. The molecule has 2 heterocycles. The summed E-state index contributed by atoms with van der Waals surface area (Å²) < 4.78 is 1.60. The predicted octanol–water partition coefficient (Wildman–Crippen LogP) is 5.18. The number of ketones is 1. The zero-order chi connectivity index (χ0) is 21.7. The fourth-order valence-corrected chi connectivity index (χ4v) is 4.55. The lowest BCUT2D eigenvalue weighted by Crippen LogP contribution is -2.31. The Morgan fingerprint density at radius 3 is 2.77 bits per heavy atom. The Hall–Kier alpha value is -3.23. The van der Waals surface area contributed by atoms with E-state index in [1.807, 2.05) is 0 Å². The minimum absolute atomic E-state index is 0.00233. The lowest BCUT2D eigenvalue weighted by atomic mass is 9.85. The van der Waals surface area contributed by atoms with Crippen molar-refractivity contribution in [3.05, 3.63) is 79.5 Å². The highest BCUT2D eigenvalue weighted by Gasteiger charge is 2.37. The maximum atomic E-state index is 12.9. The van der Waals surface area contributed by atoms with Gasteiger partial charge in [-0.25, -0.2) is 4.68 Å². The molecule has 2 aromatic carbocycles. The van der Waals surface area contributed by atoms with Crippen LogP contribution in [0.15, 0.2) is 53.7 Å². The number of nitrogens with zero attached hydrogens (tertiary/aromatic N) is 4. The fourth-order valence-electron chi connectivity index (χ4n) is 4.06. The molecule has 0 amide bonds. The van der Waals surface area contributed by atoms with Gasteiger partial charge >= 0.3 is 0 Å². The number of fused-ring (bicyclic) bond motifs is 1.